The van der Waals surface area contributed by atoms with E-state index in [1.54, 1.807) is 18.3 Å². The van der Waals surface area contributed by atoms with Crippen LogP contribution in [0.25, 0.3) is 10.9 Å². The second kappa shape index (κ2) is 3.76. The smallest absolute Gasteiger partial charge is 0.340 e. The molecule has 0 amide bonds. The molecule has 0 aliphatic heterocycles. The van der Waals surface area contributed by atoms with Gasteiger partial charge in [-0.15, -0.1) is 0 Å². The number of nitrogens with zero attached hydrogens (tertiary/aromatic N) is 1. The number of aromatic amines is 1. The summed E-state index contributed by atoms with van der Waals surface area (Å²) in [5.74, 6) is -0.425. The minimum absolute atomic E-state index is 0.358. The Hall–Kier alpha value is -2.04. The van der Waals surface area contributed by atoms with Crippen LogP contribution in [0.2, 0.25) is 0 Å². The third-order valence-corrected chi connectivity index (χ3v) is 2.23. The number of rotatable bonds is 1. The average molecular weight is 233 g/mol. The van der Waals surface area contributed by atoms with Gasteiger partial charge in [0.2, 0.25) is 0 Å². The van der Waals surface area contributed by atoms with Crippen LogP contribution in [-0.2, 0) is 4.74 Å². The van der Waals surface area contributed by atoms with Crippen LogP contribution in [-0.4, -0.2) is 21.8 Å². The Morgan fingerprint density at radius 2 is 2.12 bits per heavy atom. The van der Waals surface area contributed by atoms with Crippen molar-refractivity contribution < 1.29 is 9.53 Å². The highest BCUT2D eigenvalue weighted by Crippen LogP contribution is 2.22. The van der Waals surface area contributed by atoms with Crippen molar-refractivity contribution in [2.75, 3.05) is 5.73 Å². The summed E-state index contributed by atoms with van der Waals surface area (Å²) >= 11 is 0. The zero-order valence-electron chi connectivity index (χ0n) is 10.1. The lowest BCUT2D eigenvalue weighted by atomic mass is 10.1. The van der Waals surface area contributed by atoms with Crippen LogP contribution in [0.1, 0.15) is 31.1 Å². The van der Waals surface area contributed by atoms with Gasteiger partial charge in [0, 0.05) is 11.1 Å². The second-order valence-corrected chi connectivity index (χ2v) is 4.90. The lowest BCUT2D eigenvalue weighted by molar-refractivity contribution is 0.00710. The molecule has 1 aromatic heterocycles. The molecule has 0 saturated carbocycles. The molecule has 0 atom stereocenters. The SMILES string of the molecule is CC(C)(C)OC(=O)c1cc2[nH]ncc2cc1N. The van der Waals surface area contributed by atoms with E-state index in [1.165, 1.54) is 0 Å². The molecule has 2 aromatic rings. The van der Waals surface area contributed by atoms with Crippen LogP contribution >= 0.6 is 0 Å². The van der Waals surface area contributed by atoms with Crippen LogP contribution in [0, 0.1) is 0 Å². The molecule has 0 unspecified atom stereocenters. The molecule has 90 valence electrons. The van der Waals surface area contributed by atoms with Crippen molar-refractivity contribution in [3.05, 3.63) is 23.9 Å². The maximum atomic E-state index is 11.9. The van der Waals surface area contributed by atoms with Gasteiger partial charge >= 0.3 is 5.97 Å². The maximum absolute atomic E-state index is 11.9. The zero-order chi connectivity index (χ0) is 12.6. The minimum atomic E-state index is -0.535. The number of hydrogen-bond donors (Lipinski definition) is 2. The third-order valence-electron chi connectivity index (χ3n) is 2.23. The second-order valence-electron chi connectivity index (χ2n) is 4.90. The van der Waals surface area contributed by atoms with E-state index in [4.69, 9.17) is 10.5 Å². The van der Waals surface area contributed by atoms with E-state index in [0.29, 0.717) is 11.3 Å². The molecule has 0 aliphatic rings. The molecular formula is C12H15N3O2. The van der Waals surface area contributed by atoms with Crippen molar-refractivity contribution in [3.8, 4) is 0 Å². The quantitative estimate of drug-likeness (QED) is 0.583. The summed E-state index contributed by atoms with van der Waals surface area (Å²) < 4.78 is 5.28. The summed E-state index contributed by atoms with van der Waals surface area (Å²) in [6.45, 7) is 5.45. The lowest BCUT2D eigenvalue weighted by Gasteiger charge is -2.20. The molecule has 0 saturated heterocycles. The summed E-state index contributed by atoms with van der Waals surface area (Å²) in [5.41, 5.74) is 6.81. The van der Waals surface area contributed by atoms with Gasteiger partial charge in [0.1, 0.15) is 5.60 Å². The number of carbonyl (C=O) groups excluding carboxylic acids is 1. The molecule has 1 heterocycles. The van der Waals surface area contributed by atoms with Gasteiger partial charge in [0.15, 0.2) is 0 Å². The number of H-pyrrole nitrogens is 1. The summed E-state index contributed by atoms with van der Waals surface area (Å²) in [4.78, 5) is 11.9. The highest BCUT2D eigenvalue weighted by molar-refractivity contribution is 6.00. The Kier molecular flexibility index (Phi) is 2.53. The van der Waals surface area contributed by atoms with Gasteiger partial charge < -0.3 is 10.5 Å². The molecule has 0 radical (unpaired) electrons. The number of aromatic nitrogens is 2. The van der Waals surface area contributed by atoms with Gasteiger partial charge in [0.25, 0.3) is 0 Å². The number of ether oxygens (including phenoxy) is 1. The molecule has 1 aromatic carbocycles. The first-order valence-corrected chi connectivity index (χ1v) is 5.33. The highest BCUT2D eigenvalue weighted by Gasteiger charge is 2.20. The van der Waals surface area contributed by atoms with Crippen molar-refractivity contribution in [3.63, 3.8) is 0 Å². The van der Waals surface area contributed by atoms with Gasteiger partial charge in [-0.25, -0.2) is 4.79 Å². The van der Waals surface area contributed by atoms with Gasteiger partial charge in [0.05, 0.1) is 17.3 Å². The number of hydrogen-bond acceptors (Lipinski definition) is 4. The van der Waals surface area contributed by atoms with Crippen molar-refractivity contribution >= 4 is 22.6 Å². The molecule has 0 aliphatic carbocycles. The first kappa shape index (κ1) is 11.4. The zero-order valence-corrected chi connectivity index (χ0v) is 10.1. The van der Waals surface area contributed by atoms with E-state index in [0.717, 1.165) is 10.9 Å². The van der Waals surface area contributed by atoms with Gasteiger partial charge in [-0.3, -0.25) is 5.10 Å². The summed E-state index contributed by atoms with van der Waals surface area (Å²) in [5, 5.41) is 7.55. The Morgan fingerprint density at radius 1 is 1.41 bits per heavy atom. The fourth-order valence-electron chi connectivity index (χ4n) is 1.52. The van der Waals surface area contributed by atoms with Gasteiger partial charge in [-0.05, 0) is 32.9 Å². The Balaban J connectivity index is 2.40. The number of esters is 1. The summed E-state index contributed by atoms with van der Waals surface area (Å²) in [7, 11) is 0. The number of nitrogens with two attached hydrogens (primary N) is 1. The van der Waals surface area contributed by atoms with Crippen molar-refractivity contribution in [1.82, 2.24) is 10.2 Å². The van der Waals surface area contributed by atoms with E-state index in [9.17, 15) is 4.79 Å². The number of nitrogen functional groups attached to an aromatic ring is 1. The maximum Gasteiger partial charge on any atom is 0.340 e. The van der Waals surface area contributed by atoms with Crippen LogP contribution in [0.4, 0.5) is 5.69 Å². The molecule has 2 rings (SSSR count). The molecule has 5 heteroatoms. The topological polar surface area (TPSA) is 81.0 Å². The Bertz CT molecular complexity index is 567. The van der Waals surface area contributed by atoms with Gasteiger partial charge in [-0.1, -0.05) is 0 Å². The third kappa shape index (κ3) is 2.38. The van der Waals surface area contributed by atoms with E-state index >= 15 is 0 Å². The van der Waals surface area contributed by atoms with Crippen LogP contribution < -0.4 is 5.73 Å². The normalized spacial score (nSPS) is 11.7. The van der Waals surface area contributed by atoms with E-state index in [2.05, 4.69) is 10.2 Å². The Labute approximate surface area is 98.9 Å². The van der Waals surface area contributed by atoms with E-state index in [1.807, 2.05) is 20.8 Å². The molecule has 5 nitrogen and oxygen atoms in total. The molecule has 17 heavy (non-hydrogen) atoms. The predicted octanol–water partition coefficient (Wildman–Crippen LogP) is 2.10. The fourth-order valence-corrected chi connectivity index (χ4v) is 1.52. The Morgan fingerprint density at radius 3 is 2.76 bits per heavy atom. The average Bonchev–Trinajstić information content (AvgIpc) is 2.60. The molecule has 0 fully saturated rings. The largest absolute Gasteiger partial charge is 0.456 e. The van der Waals surface area contributed by atoms with Crippen molar-refractivity contribution in [2.24, 2.45) is 0 Å². The van der Waals surface area contributed by atoms with E-state index < -0.39 is 11.6 Å². The number of anilines is 1. The summed E-state index contributed by atoms with van der Waals surface area (Å²) in [6.07, 6.45) is 1.66. The van der Waals surface area contributed by atoms with Crippen LogP contribution in [0.15, 0.2) is 18.3 Å². The monoisotopic (exact) mass is 233 g/mol. The molecule has 0 bridgehead atoms. The van der Waals surface area contributed by atoms with Crippen molar-refractivity contribution in [2.45, 2.75) is 26.4 Å². The van der Waals surface area contributed by atoms with E-state index in [-0.39, 0.29) is 0 Å². The number of nitrogens with one attached hydrogen (secondary N) is 1. The van der Waals surface area contributed by atoms with Gasteiger partial charge in [-0.2, -0.15) is 5.10 Å². The number of fused-ring (bicyclic) bond motifs is 1. The first-order chi connectivity index (χ1) is 7.87. The fraction of sp³-hybridized carbons (Fsp3) is 0.333. The minimum Gasteiger partial charge on any atom is -0.456 e. The standard InChI is InChI=1S/C12H15N3O2/c1-12(2,3)17-11(16)8-5-10-7(4-9(8)13)6-14-15-10/h4-6H,13H2,1-3H3,(H,14,15). The number of benzene rings is 1. The lowest BCUT2D eigenvalue weighted by Crippen LogP contribution is -2.24. The number of carbonyl (C=O) groups is 1. The molecular weight excluding hydrogens is 218 g/mol. The van der Waals surface area contributed by atoms with Crippen LogP contribution in [0.3, 0.4) is 0 Å². The molecule has 0 spiro atoms. The predicted molar refractivity (Wildman–Crippen MR) is 65.7 cm³/mol. The molecule has 3 N–H and O–H groups in total. The highest BCUT2D eigenvalue weighted by atomic mass is 16.6. The van der Waals surface area contributed by atoms with Crippen molar-refractivity contribution in [1.29, 1.82) is 0 Å². The summed E-state index contributed by atoms with van der Waals surface area (Å²) in [6, 6.07) is 3.36. The first-order valence-electron chi connectivity index (χ1n) is 5.33. The van der Waals surface area contributed by atoms with Crippen LogP contribution in [0.5, 0.6) is 0 Å².